The van der Waals surface area contributed by atoms with Crippen molar-refractivity contribution in [1.29, 1.82) is 0 Å². The van der Waals surface area contributed by atoms with E-state index >= 15 is 0 Å². The van der Waals surface area contributed by atoms with Crippen molar-refractivity contribution in [1.82, 2.24) is 15.4 Å². The van der Waals surface area contributed by atoms with Crippen LogP contribution in [-0.4, -0.2) is 53.6 Å². The zero-order valence-electron chi connectivity index (χ0n) is 13.3. The van der Waals surface area contributed by atoms with Gasteiger partial charge in [0.1, 0.15) is 6.04 Å². The van der Waals surface area contributed by atoms with Crippen LogP contribution in [0.3, 0.4) is 0 Å². The average Bonchev–Trinajstić information content (AvgIpc) is 2.95. The molecule has 1 N–H and O–H groups in total. The third-order valence-corrected chi connectivity index (χ3v) is 3.55. The lowest BCUT2D eigenvalue weighted by molar-refractivity contribution is -0.147. The molecule has 2 heterocycles. The van der Waals surface area contributed by atoms with Gasteiger partial charge in [-0.15, -0.1) is 0 Å². The Kier molecular flexibility index (Phi) is 5.72. The van der Waals surface area contributed by atoms with Gasteiger partial charge in [-0.25, -0.2) is 0 Å². The second-order valence-corrected chi connectivity index (χ2v) is 5.42. The molecule has 0 aliphatic carbocycles. The number of aromatic nitrogens is 1. The molecule has 23 heavy (non-hydrogen) atoms. The number of carbonyl (C=O) groups is 3. The van der Waals surface area contributed by atoms with Crippen LogP contribution in [-0.2, 0) is 14.3 Å². The summed E-state index contributed by atoms with van der Waals surface area (Å²) in [5, 5.41) is 6.33. The van der Waals surface area contributed by atoms with Crippen LogP contribution in [0, 0.1) is 6.92 Å². The summed E-state index contributed by atoms with van der Waals surface area (Å²) in [7, 11) is 0. The minimum Gasteiger partial charge on any atom is -0.466 e. The molecule has 1 saturated heterocycles. The minimum atomic E-state index is -0.893. The number of hydrogen-bond donors (Lipinski definition) is 1. The molecule has 1 aliphatic heterocycles. The number of ether oxygens (including phenoxy) is 1. The van der Waals surface area contributed by atoms with Crippen molar-refractivity contribution in [2.45, 2.75) is 39.2 Å². The van der Waals surface area contributed by atoms with Crippen molar-refractivity contribution in [2.24, 2.45) is 0 Å². The van der Waals surface area contributed by atoms with E-state index in [9.17, 15) is 14.4 Å². The number of carbonyl (C=O) groups excluding carboxylic acids is 3. The molecule has 2 rings (SSSR count). The summed E-state index contributed by atoms with van der Waals surface area (Å²) in [4.78, 5) is 37.7. The van der Waals surface area contributed by atoms with Gasteiger partial charge in [-0.1, -0.05) is 18.5 Å². The summed E-state index contributed by atoms with van der Waals surface area (Å²) in [6, 6.07) is 0.613. The van der Waals surface area contributed by atoms with Crippen LogP contribution in [0.2, 0.25) is 0 Å². The van der Waals surface area contributed by atoms with Gasteiger partial charge in [-0.05, 0) is 13.3 Å². The van der Waals surface area contributed by atoms with Crippen molar-refractivity contribution < 1.29 is 23.6 Å². The van der Waals surface area contributed by atoms with E-state index < -0.39 is 17.9 Å². The zero-order valence-corrected chi connectivity index (χ0v) is 13.3. The topological polar surface area (TPSA) is 102 Å². The Balaban J connectivity index is 2.05. The molecule has 8 nitrogen and oxygen atoms in total. The van der Waals surface area contributed by atoms with Crippen LogP contribution in [0.25, 0.3) is 0 Å². The zero-order chi connectivity index (χ0) is 16.8. The van der Waals surface area contributed by atoms with E-state index in [0.29, 0.717) is 25.4 Å². The van der Waals surface area contributed by atoms with Crippen molar-refractivity contribution >= 4 is 17.8 Å². The molecule has 1 aromatic rings. The van der Waals surface area contributed by atoms with Gasteiger partial charge in [0.05, 0.1) is 18.7 Å². The first-order valence-electron chi connectivity index (χ1n) is 7.70. The van der Waals surface area contributed by atoms with Gasteiger partial charge in [0, 0.05) is 19.2 Å². The van der Waals surface area contributed by atoms with Crippen molar-refractivity contribution in [3.8, 4) is 0 Å². The molecule has 0 aromatic carbocycles. The van der Waals surface area contributed by atoms with E-state index in [1.807, 2.05) is 6.92 Å². The molecule has 0 bridgehead atoms. The number of rotatable bonds is 6. The highest BCUT2D eigenvalue weighted by Gasteiger charge is 2.36. The Bertz CT molecular complexity index is 583. The van der Waals surface area contributed by atoms with E-state index in [-0.39, 0.29) is 18.1 Å². The maximum Gasteiger partial charge on any atom is 0.308 e. The SMILES string of the molecule is CCCCOC(=O)CC1C(=O)NCCN1C(=O)c1cc(C)no1. The molecule has 126 valence electrons. The monoisotopic (exact) mass is 323 g/mol. The van der Waals surface area contributed by atoms with Crippen LogP contribution in [0.4, 0.5) is 0 Å². The molecule has 0 radical (unpaired) electrons. The number of esters is 1. The second kappa shape index (κ2) is 7.75. The predicted molar refractivity (Wildman–Crippen MR) is 79.6 cm³/mol. The Morgan fingerprint density at radius 3 is 2.96 bits per heavy atom. The molecule has 1 fully saturated rings. The van der Waals surface area contributed by atoms with Crippen LogP contribution >= 0.6 is 0 Å². The Labute approximate surface area is 134 Å². The van der Waals surface area contributed by atoms with Crippen LogP contribution < -0.4 is 5.32 Å². The Hall–Kier alpha value is -2.38. The third-order valence-electron chi connectivity index (χ3n) is 3.55. The molecular weight excluding hydrogens is 302 g/mol. The molecular formula is C15H21N3O5. The summed E-state index contributed by atoms with van der Waals surface area (Å²) in [5.41, 5.74) is 0.574. The molecule has 1 aromatic heterocycles. The van der Waals surface area contributed by atoms with Gasteiger partial charge >= 0.3 is 5.97 Å². The molecule has 1 atom stereocenters. The number of aryl methyl sites for hydroxylation is 1. The lowest BCUT2D eigenvalue weighted by atomic mass is 10.1. The first kappa shape index (κ1) is 17.0. The average molecular weight is 323 g/mol. The highest BCUT2D eigenvalue weighted by Crippen LogP contribution is 2.15. The van der Waals surface area contributed by atoms with Crippen LogP contribution in [0.1, 0.15) is 42.4 Å². The van der Waals surface area contributed by atoms with Crippen LogP contribution in [0.15, 0.2) is 10.6 Å². The highest BCUT2D eigenvalue weighted by molar-refractivity contribution is 5.97. The standard InChI is InChI=1S/C15H21N3O5/c1-3-4-7-22-13(19)9-11-14(20)16-5-6-18(11)15(21)12-8-10(2)17-23-12/h8,11H,3-7,9H2,1-2H3,(H,16,20). The Morgan fingerprint density at radius 1 is 1.52 bits per heavy atom. The fourth-order valence-electron chi connectivity index (χ4n) is 2.31. The van der Waals surface area contributed by atoms with Gasteiger partial charge in [-0.2, -0.15) is 0 Å². The summed E-state index contributed by atoms with van der Waals surface area (Å²) in [6.07, 6.45) is 1.50. The number of hydrogen-bond acceptors (Lipinski definition) is 6. The van der Waals surface area contributed by atoms with E-state index in [1.54, 1.807) is 6.92 Å². The molecule has 8 heteroatoms. The fourth-order valence-corrected chi connectivity index (χ4v) is 2.31. The lowest BCUT2D eigenvalue weighted by Gasteiger charge is -2.33. The summed E-state index contributed by atoms with van der Waals surface area (Å²) < 4.78 is 10.0. The highest BCUT2D eigenvalue weighted by atomic mass is 16.5. The van der Waals surface area contributed by atoms with E-state index in [0.717, 1.165) is 12.8 Å². The second-order valence-electron chi connectivity index (χ2n) is 5.42. The van der Waals surface area contributed by atoms with Gasteiger partial charge in [0.25, 0.3) is 5.91 Å². The van der Waals surface area contributed by atoms with Gasteiger partial charge in [0.15, 0.2) is 0 Å². The van der Waals surface area contributed by atoms with E-state index in [4.69, 9.17) is 9.26 Å². The van der Waals surface area contributed by atoms with Crippen LogP contribution in [0.5, 0.6) is 0 Å². The maximum atomic E-state index is 12.5. The fraction of sp³-hybridized carbons (Fsp3) is 0.600. The molecule has 1 unspecified atom stereocenters. The normalized spacial score (nSPS) is 17.7. The summed E-state index contributed by atoms with van der Waals surface area (Å²) >= 11 is 0. The number of nitrogens with zero attached hydrogens (tertiary/aromatic N) is 2. The number of unbranched alkanes of at least 4 members (excludes halogenated alkanes) is 1. The quantitative estimate of drug-likeness (QED) is 0.609. The largest absolute Gasteiger partial charge is 0.466 e. The first-order chi connectivity index (χ1) is 11.0. The predicted octanol–water partition coefficient (Wildman–Crippen LogP) is 0.657. The lowest BCUT2D eigenvalue weighted by Crippen LogP contribution is -2.57. The van der Waals surface area contributed by atoms with E-state index in [2.05, 4.69) is 10.5 Å². The smallest absolute Gasteiger partial charge is 0.308 e. The summed E-state index contributed by atoms with van der Waals surface area (Å²) in [6.45, 7) is 4.64. The van der Waals surface area contributed by atoms with Crippen molar-refractivity contribution in [3.05, 3.63) is 17.5 Å². The maximum absolute atomic E-state index is 12.5. The summed E-state index contributed by atoms with van der Waals surface area (Å²) in [5.74, 6) is -1.26. The van der Waals surface area contributed by atoms with Crippen molar-refractivity contribution in [3.63, 3.8) is 0 Å². The first-order valence-corrected chi connectivity index (χ1v) is 7.70. The Morgan fingerprint density at radius 2 is 2.30 bits per heavy atom. The van der Waals surface area contributed by atoms with Gasteiger partial charge in [-0.3, -0.25) is 14.4 Å². The van der Waals surface area contributed by atoms with Gasteiger partial charge in [0.2, 0.25) is 11.7 Å². The third kappa shape index (κ3) is 4.30. The van der Waals surface area contributed by atoms with Gasteiger partial charge < -0.3 is 19.5 Å². The molecule has 2 amide bonds. The van der Waals surface area contributed by atoms with E-state index in [1.165, 1.54) is 11.0 Å². The minimum absolute atomic E-state index is 0.0570. The number of piperazine rings is 1. The van der Waals surface area contributed by atoms with Crippen molar-refractivity contribution in [2.75, 3.05) is 19.7 Å². The number of amides is 2. The molecule has 0 spiro atoms. The molecule has 1 aliphatic rings. The molecule has 0 saturated carbocycles. The number of nitrogens with one attached hydrogen (secondary N) is 1.